The standard InChI is InChI=1S/C12H15F3O3/c1-17-10-4-3-9(8-16)11(7-10)18-6-2-5-12(13,14)15/h3-4,7,16H,2,5-6,8H2,1H3. The van der Waals surface area contributed by atoms with Gasteiger partial charge in [0, 0.05) is 18.1 Å². The molecule has 1 N–H and O–H groups in total. The lowest BCUT2D eigenvalue weighted by Crippen LogP contribution is -2.10. The number of aliphatic hydroxyl groups excluding tert-OH is 1. The highest BCUT2D eigenvalue weighted by Crippen LogP contribution is 2.26. The fourth-order valence-corrected chi connectivity index (χ4v) is 1.38. The first-order chi connectivity index (χ1) is 8.46. The maximum Gasteiger partial charge on any atom is 0.389 e. The summed E-state index contributed by atoms with van der Waals surface area (Å²) in [4.78, 5) is 0. The number of hydrogen-bond acceptors (Lipinski definition) is 3. The summed E-state index contributed by atoms with van der Waals surface area (Å²) in [6.45, 7) is -0.293. The first kappa shape index (κ1) is 14.6. The van der Waals surface area contributed by atoms with Crippen LogP contribution in [0.2, 0.25) is 0 Å². The summed E-state index contributed by atoms with van der Waals surface area (Å²) < 4.78 is 46.0. The normalized spacial score (nSPS) is 11.4. The number of alkyl halides is 3. The van der Waals surface area contributed by atoms with E-state index in [4.69, 9.17) is 14.6 Å². The maximum atomic E-state index is 11.9. The predicted octanol–water partition coefficient (Wildman–Crippen LogP) is 2.91. The number of ether oxygens (including phenoxy) is 2. The summed E-state index contributed by atoms with van der Waals surface area (Å²) in [5.41, 5.74) is 0.516. The van der Waals surface area contributed by atoms with E-state index in [1.807, 2.05) is 0 Å². The number of hydrogen-bond donors (Lipinski definition) is 1. The second-order valence-electron chi connectivity index (χ2n) is 3.70. The van der Waals surface area contributed by atoms with E-state index in [-0.39, 0.29) is 19.6 Å². The Morgan fingerprint density at radius 2 is 2.00 bits per heavy atom. The number of halogens is 3. The summed E-state index contributed by atoms with van der Waals surface area (Å²) in [6, 6.07) is 4.80. The van der Waals surface area contributed by atoms with Crippen molar-refractivity contribution in [3.05, 3.63) is 23.8 Å². The van der Waals surface area contributed by atoms with E-state index in [0.717, 1.165) is 0 Å². The van der Waals surface area contributed by atoms with Crippen LogP contribution < -0.4 is 9.47 Å². The van der Waals surface area contributed by atoms with Gasteiger partial charge in [0.05, 0.1) is 20.3 Å². The van der Waals surface area contributed by atoms with Crippen LogP contribution in [-0.2, 0) is 6.61 Å². The minimum absolute atomic E-state index is 0.0559. The van der Waals surface area contributed by atoms with Crippen molar-refractivity contribution in [1.29, 1.82) is 0 Å². The van der Waals surface area contributed by atoms with Crippen molar-refractivity contribution in [2.45, 2.75) is 25.6 Å². The molecular formula is C12H15F3O3. The molecule has 0 atom stereocenters. The molecule has 0 heterocycles. The molecule has 0 bridgehead atoms. The Hall–Kier alpha value is -1.43. The molecule has 0 radical (unpaired) electrons. The fraction of sp³-hybridized carbons (Fsp3) is 0.500. The molecule has 1 rings (SSSR count). The van der Waals surface area contributed by atoms with E-state index in [1.165, 1.54) is 7.11 Å². The zero-order valence-corrected chi connectivity index (χ0v) is 9.96. The van der Waals surface area contributed by atoms with Crippen molar-refractivity contribution in [2.24, 2.45) is 0 Å². The summed E-state index contributed by atoms with van der Waals surface area (Å²) >= 11 is 0. The maximum absolute atomic E-state index is 11.9. The van der Waals surface area contributed by atoms with Gasteiger partial charge in [0.25, 0.3) is 0 Å². The van der Waals surface area contributed by atoms with Crippen molar-refractivity contribution in [2.75, 3.05) is 13.7 Å². The second-order valence-corrected chi connectivity index (χ2v) is 3.70. The molecule has 0 spiro atoms. The van der Waals surface area contributed by atoms with E-state index < -0.39 is 12.6 Å². The molecule has 1 aromatic rings. The predicted molar refractivity (Wildman–Crippen MR) is 59.7 cm³/mol. The topological polar surface area (TPSA) is 38.7 Å². The van der Waals surface area contributed by atoms with Gasteiger partial charge in [0.15, 0.2) is 0 Å². The highest BCUT2D eigenvalue weighted by molar-refractivity contribution is 5.40. The van der Waals surface area contributed by atoms with Crippen LogP contribution in [0.15, 0.2) is 18.2 Å². The van der Waals surface area contributed by atoms with Gasteiger partial charge in [-0.25, -0.2) is 0 Å². The zero-order valence-electron chi connectivity index (χ0n) is 9.96. The Kier molecular flexibility index (Phi) is 5.27. The van der Waals surface area contributed by atoms with E-state index in [9.17, 15) is 13.2 Å². The monoisotopic (exact) mass is 264 g/mol. The molecule has 0 aromatic heterocycles. The minimum atomic E-state index is -4.17. The Labute approximate surface area is 103 Å². The molecular weight excluding hydrogens is 249 g/mol. The molecule has 0 saturated carbocycles. The van der Waals surface area contributed by atoms with Crippen molar-refractivity contribution in [1.82, 2.24) is 0 Å². The molecule has 6 heteroatoms. The van der Waals surface area contributed by atoms with Crippen LogP contribution in [0, 0.1) is 0 Å². The van der Waals surface area contributed by atoms with Crippen LogP contribution in [0.5, 0.6) is 11.5 Å². The van der Waals surface area contributed by atoms with Gasteiger partial charge in [-0.2, -0.15) is 13.2 Å². The lowest BCUT2D eigenvalue weighted by molar-refractivity contribution is -0.136. The minimum Gasteiger partial charge on any atom is -0.497 e. The SMILES string of the molecule is COc1ccc(CO)c(OCCCC(F)(F)F)c1. The largest absolute Gasteiger partial charge is 0.497 e. The molecule has 0 aliphatic heterocycles. The van der Waals surface area contributed by atoms with Crippen molar-refractivity contribution >= 4 is 0 Å². The molecule has 0 fully saturated rings. The summed E-state index contributed by atoms with van der Waals surface area (Å²) in [5, 5.41) is 9.07. The van der Waals surface area contributed by atoms with Gasteiger partial charge in [0.1, 0.15) is 11.5 Å². The van der Waals surface area contributed by atoms with Crippen LogP contribution in [-0.4, -0.2) is 25.0 Å². The van der Waals surface area contributed by atoms with E-state index >= 15 is 0 Å². The number of methoxy groups -OCH3 is 1. The van der Waals surface area contributed by atoms with Crippen LogP contribution in [0.3, 0.4) is 0 Å². The van der Waals surface area contributed by atoms with Crippen molar-refractivity contribution in [3.63, 3.8) is 0 Å². The van der Waals surface area contributed by atoms with Crippen LogP contribution in [0.1, 0.15) is 18.4 Å². The third-order valence-corrected chi connectivity index (χ3v) is 2.31. The molecule has 3 nitrogen and oxygen atoms in total. The highest BCUT2D eigenvalue weighted by atomic mass is 19.4. The summed E-state index contributed by atoms with van der Waals surface area (Å²) in [5.74, 6) is 0.872. The molecule has 1 aromatic carbocycles. The number of benzene rings is 1. The van der Waals surface area contributed by atoms with Crippen LogP contribution in [0.25, 0.3) is 0 Å². The van der Waals surface area contributed by atoms with Crippen LogP contribution in [0.4, 0.5) is 13.2 Å². The van der Waals surface area contributed by atoms with Gasteiger partial charge in [-0.05, 0) is 18.6 Å². The Bertz CT molecular complexity index is 377. The molecule has 0 aliphatic carbocycles. The second kappa shape index (κ2) is 6.49. The Balaban J connectivity index is 2.54. The van der Waals surface area contributed by atoms with E-state index in [0.29, 0.717) is 17.1 Å². The van der Waals surface area contributed by atoms with Crippen LogP contribution >= 0.6 is 0 Å². The molecule has 18 heavy (non-hydrogen) atoms. The fourth-order valence-electron chi connectivity index (χ4n) is 1.38. The smallest absolute Gasteiger partial charge is 0.389 e. The van der Waals surface area contributed by atoms with E-state index in [1.54, 1.807) is 18.2 Å². The molecule has 0 aliphatic rings. The average Bonchev–Trinajstić information content (AvgIpc) is 2.33. The van der Waals surface area contributed by atoms with Gasteiger partial charge >= 0.3 is 6.18 Å². The lowest BCUT2D eigenvalue weighted by Gasteiger charge is -2.12. The summed E-state index contributed by atoms with van der Waals surface area (Å²) in [6.07, 6.45) is -5.17. The Morgan fingerprint density at radius 1 is 1.28 bits per heavy atom. The number of aliphatic hydroxyl groups is 1. The third-order valence-electron chi connectivity index (χ3n) is 2.31. The summed E-state index contributed by atoms with van der Waals surface area (Å²) in [7, 11) is 1.47. The zero-order chi connectivity index (χ0) is 13.6. The first-order valence-corrected chi connectivity index (χ1v) is 5.43. The van der Waals surface area contributed by atoms with Gasteiger partial charge in [-0.1, -0.05) is 0 Å². The first-order valence-electron chi connectivity index (χ1n) is 5.43. The molecule has 0 unspecified atom stereocenters. The lowest BCUT2D eigenvalue weighted by atomic mass is 10.2. The van der Waals surface area contributed by atoms with Gasteiger partial charge in [-0.15, -0.1) is 0 Å². The number of rotatable bonds is 6. The Morgan fingerprint density at radius 3 is 2.56 bits per heavy atom. The van der Waals surface area contributed by atoms with Gasteiger partial charge in [-0.3, -0.25) is 0 Å². The van der Waals surface area contributed by atoms with E-state index in [2.05, 4.69) is 0 Å². The molecule has 102 valence electrons. The molecule has 0 amide bonds. The van der Waals surface area contributed by atoms with Gasteiger partial charge < -0.3 is 14.6 Å². The highest BCUT2D eigenvalue weighted by Gasteiger charge is 2.26. The van der Waals surface area contributed by atoms with Crippen molar-refractivity contribution < 1.29 is 27.8 Å². The molecule has 0 saturated heterocycles. The average molecular weight is 264 g/mol. The van der Waals surface area contributed by atoms with Gasteiger partial charge in [0.2, 0.25) is 0 Å². The third kappa shape index (κ3) is 4.83. The van der Waals surface area contributed by atoms with Crippen molar-refractivity contribution in [3.8, 4) is 11.5 Å². The quantitative estimate of drug-likeness (QED) is 0.803.